The third-order valence-electron chi connectivity index (χ3n) is 5.01. The van der Waals surface area contributed by atoms with Crippen LogP contribution in [0.25, 0.3) is 0 Å². The average Bonchev–Trinajstić information content (AvgIpc) is 2.32. The highest BCUT2D eigenvalue weighted by Crippen LogP contribution is 2.54. The lowest BCUT2D eigenvalue weighted by Gasteiger charge is -2.53. The number of esters is 1. The van der Waals surface area contributed by atoms with Gasteiger partial charge in [0, 0.05) is 0 Å². The first-order valence-corrected chi connectivity index (χ1v) is 7.07. The second-order valence-electron chi connectivity index (χ2n) is 6.36. The Labute approximate surface area is 108 Å². The molecule has 1 atom stereocenters. The zero-order valence-corrected chi connectivity index (χ0v) is 10.7. The first kappa shape index (κ1) is 12.0. The Hall–Kier alpha value is -1.01. The highest BCUT2D eigenvalue weighted by Gasteiger charge is 2.49. The largest absolute Gasteiger partial charge is 0.462 e. The standard InChI is InChI=1S/C15H21NO2/c1-2-13(16)8-14(17)18-15-11-4-9-3-10(6-11)7-12(15)5-9/h1,9-13,15H,3-8,16H2/t9?,10?,11?,12?,13-,15?/m1/s1. The maximum Gasteiger partial charge on any atom is 0.308 e. The van der Waals surface area contributed by atoms with E-state index in [0.29, 0.717) is 11.8 Å². The highest BCUT2D eigenvalue weighted by molar-refractivity contribution is 5.71. The van der Waals surface area contributed by atoms with Crippen LogP contribution in [-0.2, 0) is 9.53 Å². The van der Waals surface area contributed by atoms with Gasteiger partial charge in [0.15, 0.2) is 0 Å². The summed E-state index contributed by atoms with van der Waals surface area (Å²) >= 11 is 0. The molecule has 0 amide bonds. The summed E-state index contributed by atoms with van der Waals surface area (Å²) < 4.78 is 5.69. The summed E-state index contributed by atoms with van der Waals surface area (Å²) in [6.45, 7) is 0. The van der Waals surface area contributed by atoms with Crippen LogP contribution in [-0.4, -0.2) is 18.1 Å². The van der Waals surface area contributed by atoms with Gasteiger partial charge in [0.05, 0.1) is 12.5 Å². The van der Waals surface area contributed by atoms with Gasteiger partial charge in [0.1, 0.15) is 6.10 Å². The van der Waals surface area contributed by atoms with Crippen LogP contribution in [0.1, 0.15) is 38.5 Å². The molecule has 18 heavy (non-hydrogen) atoms. The van der Waals surface area contributed by atoms with E-state index in [0.717, 1.165) is 11.8 Å². The summed E-state index contributed by atoms with van der Waals surface area (Å²) in [7, 11) is 0. The predicted molar refractivity (Wildman–Crippen MR) is 68.4 cm³/mol. The molecule has 4 aliphatic rings. The van der Waals surface area contributed by atoms with Crippen LogP contribution in [0, 0.1) is 36.0 Å². The quantitative estimate of drug-likeness (QED) is 0.610. The van der Waals surface area contributed by atoms with Crippen LogP contribution in [0.2, 0.25) is 0 Å². The van der Waals surface area contributed by atoms with Gasteiger partial charge in [-0.15, -0.1) is 6.42 Å². The van der Waals surface area contributed by atoms with Crippen molar-refractivity contribution < 1.29 is 9.53 Å². The van der Waals surface area contributed by atoms with Crippen molar-refractivity contribution in [2.75, 3.05) is 0 Å². The van der Waals surface area contributed by atoms with Crippen LogP contribution in [0.15, 0.2) is 0 Å². The Morgan fingerprint density at radius 3 is 2.28 bits per heavy atom. The molecule has 0 heterocycles. The summed E-state index contributed by atoms with van der Waals surface area (Å²) in [5, 5.41) is 0. The van der Waals surface area contributed by atoms with Crippen molar-refractivity contribution in [3.63, 3.8) is 0 Å². The molecule has 0 aliphatic heterocycles. The van der Waals surface area contributed by atoms with Gasteiger partial charge >= 0.3 is 5.97 Å². The lowest BCUT2D eigenvalue weighted by atomic mass is 9.55. The molecule has 98 valence electrons. The molecule has 0 aromatic heterocycles. The molecule has 4 saturated carbocycles. The number of ether oxygens (including phenoxy) is 1. The van der Waals surface area contributed by atoms with Crippen molar-refractivity contribution in [1.29, 1.82) is 0 Å². The molecule has 4 fully saturated rings. The SMILES string of the molecule is C#C[C@@H](N)CC(=O)OC1C2CC3CC(C2)CC1C3. The molecule has 3 heteroatoms. The van der Waals surface area contributed by atoms with E-state index in [-0.39, 0.29) is 18.5 Å². The van der Waals surface area contributed by atoms with Crippen molar-refractivity contribution >= 4 is 5.97 Å². The second kappa shape index (κ2) is 4.59. The third kappa shape index (κ3) is 2.14. The molecule has 0 saturated heterocycles. The van der Waals surface area contributed by atoms with E-state index in [4.69, 9.17) is 16.9 Å². The number of carbonyl (C=O) groups is 1. The monoisotopic (exact) mass is 247 g/mol. The molecule has 4 aliphatic carbocycles. The predicted octanol–water partition coefficient (Wildman–Crippen LogP) is 1.70. The van der Waals surface area contributed by atoms with E-state index in [1.165, 1.54) is 32.1 Å². The Kier molecular flexibility index (Phi) is 3.07. The van der Waals surface area contributed by atoms with E-state index >= 15 is 0 Å². The molecule has 0 aromatic carbocycles. The Morgan fingerprint density at radius 1 is 1.22 bits per heavy atom. The normalized spacial score (nSPS) is 42.3. The van der Waals surface area contributed by atoms with Gasteiger partial charge in [0.2, 0.25) is 0 Å². The van der Waals surface area contributed by atoms with Crippen LogP contribution in [0.4, 0.5) is 0 Å². The molecule has 3 nitrogen and oxygen atoms in total. The molecule has 0 unspecified atom stereocenters. The fraction of sp³-hybridized carbons (Fsp3) is 0.800. The summed E-state index contributed by atoms with van der Waals surface area (Å²) in [5.74, 6) is 5.17. The van der Waals surface area contributed by atoms with Gasteiger partial charge in [-0.05, 0) is 55.8 Å². The van der Waals surface area contributed by atoms with E-state index in [2.05, 4.69) is 5.92 Å². The van der Waals surface area contributed by atoms with Crippen molar-refractivity contribution in [2.24, 2.45) is 29.4 Å². The smallest absolute Gasteiger partial charge is 0.308 e. The first-order valence-electron chi connectivity index (χ1n) is 7.07. The summed E-state index contributed by atoms with van der Waals surface area (Å²) in [4.78, 5) is 11.8. The van der Waals surface area contributed by atoms with E-state index in [1.54, 1.807) is 0 Å². The number of terminal acetylenes is 1. The molecule has 0 radical (unpaired) electrons. The molecular weight excluding hydrogens is 226 g/mol. The Bertz CT molecular complexity index is 356. The van der Waals surface area contributed by atoms with Crippen LogP contribution >= 0.6 is 0 Å². The van der Waals surface area contributed by atoms with Gasteiger partial charge < -0.3 is 10.5 Å². The second-order valence-corrected chi connectivity index (χ2v) is 6.36. The van der Waals surface area contributed by atoms with Crippen molar-refractivity contribution in [3.8, 4) is 12.3 Å². The maximum atomic E-state index is 11.8. The summed E-state index contributed by atoms with van der Waals surface area (Å²) in [6.07, 6.45) is 11.9. The van der Waals surface area contributed by atoms with E-state index in [9.17, 15) is 4.79 Å². The molecule has 2 N–H and O–H groups in total. The van der Waals surface area contributed by atoms with Crippen molar-refractivity contribution in [3.05, 3.63) is 0 Å². The number of carbonyl (C=O) groups excluding carboxylic acids is 1. The van der Waals surface area contributed by atoms with Gasteiger partial charge in [0.25, 0.3) is 0 Å². The number of rotatable bonds is 3. The van der Waals surface area contributed by atoms with E-state index < -0.39 is 6.04 Å². The fourth-order valence-corrected chi connectivity index (χ4v) is 4.51. The first-order chi connectivity index (χ1) is 8.65. The molecule has 0 aromatic rings. The number of hydrogen-bond donors (Lipinski definition) is 1. The molecule has 4 rings (SSSR count). The summed E-state index contributed by atoms with van der Waals surface area (Å²) in [5.41, 5.74) is 5.59. The van der Waals surface area contributed by atoms with Gasteiger partial charge in [-0.3, -0.25) is 4.79 Å². The lowest BCUT2D eigenvalue weighted by Crippen LogP contribution is -2.50. The van der Waals surface area contributed by atoms with Gasteiger partial charge in [-0.1, -0.05) is 5.92 Å². The Morgan fingerprint density at radius 2 is 1.78 bits per heavy atom. The fourth-order valence-electron chi connectivity index (χ4n) is 4.51. The van der Waals surface area contributed by atoms with Crippen molar-refractivity contribution in [1.82, 2.24) is 0 Å². The molecule has 4 bridgehead atoms. The average molecular weight is 247 g/mol. The van der Waals surface area contributed by atoms with Gasteiger partial charge in [-0.2, -0.15) is 0 Å². The number of nitrogens with two attached hydrogens (primary N) is 1. The van der Waals surface area contributed by atoms with E-state index in [1.807, 2.05) is 0 Å². The molecule has 0 spiro atoms. The summed E-state index contributed by atoms with van der Waals surface area (Å²) in [6, 6.07) is -0.505. The van der Waals surface area contributed by atoms with Crippen LogP contribution in [0.5, 0.6) is 0 Å². The number of hydrogen-bond acceptors (Lipinski definition) is 3. The Balaban J connectivity index is 1.60. The van der Waals surface area contributed by atoms with Crippen molar-refractivity contribution in [2.45, 2.75) is 50.7 Å². The zero-order chi connectivity index (χ0) is 12.7. The minimum Gasteiger partial charge on any atom is -0.462 e. The highest BCUT2D eigenvalue weighted by atomic mass is 16.5. The maximum absolute atomic E-state index is 11.8. The topological polar surface area (TPSA) is 52.3 Å². The minimum absolute atomic E-state index is 0.148. The zero-order valence-electron chi connectivity index (χ0n) is 10.7. The third-order valence-corrected chi connectivity index (χ3v) is 5.01. The van der Waals surface area contributed by atoms with Gasteiger partial charge in [-0.25, -0.2) is 0 Å². The van der Waals surface area contributed by atoms with Crippen LogP contribution < -0.4 is 5.73 Å². The molecular formula is C15H21NO2. The lowest BCUT2D eigenvalue weighted by molar-refractivity contribution is -0.170. The van der Waals surface area contributed by atoms with Crippen LogP contribution in [0.3, 0.4) is 0 Å². The minimum atomic E-state index is -0.505.